The first-order valence-electron chi connectivity index (χ1n) is 9.75. The fraction of sp³-hybridized carbons (Fsp3) is 0.579. The molecule has 2 bridgehead atoms. The molecule has 3 unspecified atom stereocenters. The number of hydrogen-bond acceptors (Lipinski definition) is 7. The topological polar surface area (TPSA) is 110 Å². The van der Waals surface area contributed by atoms with Gasteiger partial charge in [0.2, 0.25) is 0 Å². The zero-order valence-corrected chi connectivity index (χ0v) is 19.9. The lowest BCUT2D eigenvalue weighted by Gasteiger charge is -2.36. The second-order valence-electron chi connectivity index (χ2n) is 8.26. The summed E-state index contributed by atoms with van der Waals surface area (Å²) in [5, 5.41) is 0. The van der Waals surface area contributed by atoms with Crippen molar-refractivity contribution in [1.29, 1.82) is 0 Å². The predicted octanol–water partition coefficient (Wildman–Crippen LogP) is 4.20. The molecule has 0 aliphatic heterocycles. The van der Waals surface area contributed by atoms with E-state index < -0.39 is 57.2 Å². The third-order valence-corrected chi connectivity index (χ3v) is 7.63. The van der Waals surface area contributed by atoms with Gasteiger partial charge in [-0.1, -0.05) is 6.42 Å². The highest BCUT2D eigenvalue weighted by atomic mass is 127. The summed E-state index contributed by atoms with van der Waals surface area (Å²) in [6.07, 6.45) is -9.68. The molecule has 7 nitrogen and oxygen atoms in total. The number of ether oxygens (including phenoxy) is 2. The number of carbonyl (C=O) groups excluding carboxylic acids is 2. The van der Waals surface area contributed by atoms with Gasteiger partial charge in [0, 0.05) is 0 Å². The summed E-state index contributed by atoms with van der Waals surface area (Å²) < 4.78 is 122. The van der Waals surface area contributed by atoms with Crippen LogP contribution in [0, 0.1) is 21.3 Å². The molecule has 0 heterocycles. The maximum Gasteiger partial charge on any atom is 0.438 e. The van der Waals surface area contributed by atoms with E-state index in [-0.39, 0.29) is 15.2 Å². The fourth-order valence-electron chi connectivity index (χ4n) is 4.36. The molecule has 3 rings (SSSR count). The number of carbonyl (C=O) groups is 2. The monoisotopic (exact) mass is 629 g/mol. The molecule has 0 saturated heterocycles. The second kappa shape index (κ2) is 9.11. The van der Waals surface area contributed by atoms with Crippen LogP contribution in [0.25, 0.3) is 0 Å². The van der Waals surface area contributed by atoms with Crippen molar-refractivity contribution < 1.29 is 58.4 Å². The van der Waals surface area contributed by atoms with Crippen LogP contribution < -0.4 is 4.74 Å². The van der Waals surface area contributed by atoms with Gasteiger partial charge in [-0.15, -0.1) is 0 Å². The number of benzene rings is 1. The van der Waals surface area contributed by atoms with Crippen molar-refractivity contribution in [3.05, 3.63) is 27.3 Å². The van der Waals surface area contributed by atoms with Gasteiger partial charge in [0.05, 0.1) is 30.9 Å². The van der Waals surface area contributed by atoms with Crippen molar-refractivity contribution in [3.63, 3.8) is 0 Å². The number of rotatable bonds is 6. The van der Waals surface area contributed by atoms with E-state index in [0.717, 1.165) is 37.5 Å². The minimum Gasteiger partial charge on any atom is -0.748 e. The van der Waals surface area contributed by atoms with Crippen molar-refractivity contribution >= 4 is 44.6 Å². The van der Waals surface area contributed by atoms with Crippen LogP contribution >= 0.6 is 22.6 Å². The SMILES string of the molecule is O=C(OC(CS(=O)(=O)[O-])(C(F)(F)F)C(F)(F)F)c1ccc(I)c(OC(=O)C2CC3CCC2C3)c1. The summed E-state index contributed by atoms with van der Waals surface area (Å²) in [5.41, 5.74) is -6.47. The van der Waals surface area contributed by atoms with E-state index in [1.54, 1.807) is 22.6 Å². The van der Waals surface area contributed by atoms with E-state index in [9.17, 15) is 48.9 Å². The first-order chi connectivity index (χ1) is 15.4. The van der Waals surface area contributed by atoms with E-state index in [2.05, 4.69) is 4.74 Å². The van der Waals surface area contributed by atoms with Crippen LogP contribution in [0.5, 0.6) is 5.75 Å². The minimum absolute atomic E-state index is 0.122. The minimum atomic E-state index is -6.49. The van der Waals surface area contributed by atoms with E-state index in [1.807, 2.05) is 0 Å². The smallest absolute Gasteiger partial charge is 0.438 e. The van der Waals surface area contributed by atoms with Crippen LogP contribution in [0.2, 0.25) is 0 Å². The van der Waals surface area contributed by atoms with Gasteiger partial charge < -0.3 is 14.0 Å². The molecule has 15 heteroatoms. The summed E-state index contributed by atoms with van der Waals surface area (Å²) in [6.45, 7) is 0. The van der Waals surface area contributed by atoms with E-state index >= 15 is 0 Å². The third-order valence-electron chi connectivity index (χ3n) is 5.98. The third kappa shape index (κ3) is 5.45. The molecule has 34 heavy (non-hydrogen) atoms. The average molecular weight is 629 g/mol. The Morgan fingerprint density at radius 3 is 2.15 bits per heavy atom. The van der Waals surface area contributed by atoms with Crippen LogP contribution in [-0.2, 0) is 19.6 Å². The summed E-state index contributed by atoms with van der Waals surface area (Å²) in [6, 6.07) is 2.62. The molecule has 1 aromatic carbocycles. The van der Waals surface area contributed by atoms with Crippen LogP contribution in [0.1, 0.15) is 36.0 Å². The Bertz CT molecular complexity index is 1070. The van der Waals surface area contributed by atoms with Gasteiger partial charge in [0.25, 0.3) is 0 Å². The lowest BCUT2D eigenvalue weighted by molar-refractivity contribution is -0.356. The Morgan fingerprint density at radius 2 is 1.68 bits per heavy atom. The summed E-state index contributed by atoms with van der Waals surface area (Å²) in [5.74, 6) is -6.14. The standard InChI is InChI=1S/C19H17F6IO7S/c20-18(21,22)17(19(23,24)25,8-34(29,30)31)33-15(27)11-3-4-13(26)14(7-11)32-16(28)12-6-9-1-2-10(12)5-9/h3-4,7,9-10,12H,1-2,5-6,8H2,(H,29,30,31)/p-1. The molecule has 0 aromatic heterocycles. The van der Waals surface area contributed by atoms with Crippen LogP contribution in [0.3, 0.4) is 0 Å². The lowest BCUT2D eigenvalue weighted by atomic mass is 9.89. The molecule has 0 spiro atoms. The summed E-state index contributed by atoms with van der Waals surface area (Å²) in [4.78, 5) is 24.8. The van der Waals surface area contributed by atoms with Gasteiger partial charge in [0.15, 0.2) is 0 Å². The molecule has 1 aromatic rings. The van der Waals surface area contributed by atoms with Gasteiger partial charge in [-0.25, -0.2) is 13.2 Å². The number of halogens is 7. The van der Waals surface area contributed by atoms with Crippen molar-refractivity contribution in [2.24, 2.45) is 17.8 Å². The highest BCUT2D eigenvalue weighted by Gasteiger charge is 2.75. The Kier molecular flexibility index (Phi) is 7.23. The van der Waals surface area contributed by atoms with E-state index in [1.165, 1.54) is 0 Å². The number of esters is 2. The molecule has 3 atom stereocenters. The van der Waals surface area contributed by atoms with Crippen molar-refractivity contribution in [3.8, 4) is 5.75 Å². The first-order valence-corrected chi connectivity index (χ1v) is 12.4. The van der Waals surface area contributed by atoms with Crippen LogP contribution in [-0.4, -0.2) is 48.6 Å². The normalized spacial score (nSPS) is 23.1. The van der Waals surface area contributed by atoms with Gasteiger partial charge in [0.1, 0.15) is 5.75 Å². The molecule has 2 aliphatic rings. The van der Waals surface area contributed by atoms with Crippen LogP contribution in [0.4, 0.5) is 26.3 Å². The van der Waals surface area contributed by atoms with Gasteiger partial charge in [-0.05, 0) is 71.9 Å². The van der Waals surface area contributed by atoms with Crippen LogP contribution in [0.15, 0.2) is 18.2 Å². The quantitative estimate of drug-likeness (QED) is 0.153. The summed E-state index contributed by atoms with van der Waals surface area (Å²) in [7, 11) is -6.16. The second-order valence-corrected chi connectivity index (χ2v) is 10.8. The number of alkyl halides is 6. The Hall–Kier alpha value is -1.62. The summed E-state index contributed by atoms with van der Waals surface area (Å²) >= 11 is 1.68. The van der Waals surface area contributed by atoms with E-state index in [4.69, 9.17) is 4.74 Å². The zero-order valence-electron chi connectivity index (χ0n) is 16.9. The molecule has 2 fully saturated rings. The van der Waals surface area contributed by atoms with Crippen molar-refractivity contribution in [2.45, 2.75) is 43.6 Å². The largest absolute Gasteiger partial charge is 0.748 e. The number of hydrogen-bond donors (Lipinski definition) is 0. The maximum atomic E-state index is 13.4. The van der Waals surface area contributed by atoms with Gasteiger partial charge in [-0.3, -0.25) is 4.79 Å². The Morgan fingerprint density at radius 1 is 1.06 bits per heavy atom. The first kappa shape index (κ1) is 27.0. The molecule has 2 aliphatic carbocycles. The zero-order chi connectivity index (χ0) is 25.7. The van der Waals surface area contributed by atoms with Crippen molar-refractivity contribution in [2.75, 3.05) is 5.75 Å². The highest BCUT2D eigenvalue weighted by molar-refractivity contribution is 14.1. The molecule has 0 N–H and O–H groups in total. The highest BCUT2D eigenvalue weighted by Crippen LogP contribution is 2.49. The molecule has 2 saturated carbocycles. The Balaban J connectivity index is 1.88. The maximum absolute atomic E-state index is 13.4. The predicted molar refractivity (Wildman–Crippen MR) is 109 cm³/mol. The Labute approximate surface area is 203 Å². The van der Waals surface area contributed by atoms with Crippen molar-refractivity contribution in [1.82, 2.24) is 0 Å². The molecular weight excluding hydrogens is 613 g/mol. The molecular formula is C19H16F6IO7S-. The number of fused-ring (bicyclic) bond motifs is 2. The van der Waals surface area contributed by atoms with Gasteiger partial charge in [-0.2, -0.15) is 26.3 Å². The van der Waals surface area contributed by atoms with E-state index in [0.29, 0.717) is 12.3 Å². The molecule has 0 amide bonds. The van der Waals surface area contributed by atoms with Gasteiger partial charge >= 0.3 is 29.9 Å². The fourth-order valence-corrected chi connectivity index (χ4v) is 5.69. The molecule has 190 valence electrons. The molecule has 0 radical (unpaired) electrons. The lowest BCUT2D eigenvalue weighted by Crippen LogP contribution is -2.63. The average Bonchev–Trinajstić information content (AvgIpc) is 3.29.